The molecule has 194 valence electrons. The molecule has 1 atom stereocenters. The van der Waals surface area contributed by atoms with E-state index in [0.717, 1.165) is 54.8 Å². The van der Waals surface area contributed by atoms with Crippen molar-refractivity contribution in [3.8, 4) is 0 Å². The van der Waals surface area contributed by atoms with Crippen LogP contribution in [0.25, 0.3) is 11.2 Å². The highest BCUT2D eigenvalue weighted by Crippen LogP contribution is 2.27. The average molecular weight is 504 g/mol. The molecule has 0 spiro atoms. The van der Waals surface area contributed by atoms with Crippen LogP contribution in [0.4, 0.5) is 16.4 Å². The third kappa shape index (κ3) is 5.91. The standard InChI is InChI=1S/C27H33N7O3/c1-2-37-27(36)33-15-11-20(12-16-33)23-6-4-14-34-24(23)31-26(32-34)30-22-9-7-21(8-10-22)25(35)29-18-19-5-3-13-28-17-19/h4,6-11,14,19,28H,2-3,5,12-13,15-18H2,1H3,(H,29,35)(H,30,32). The summed E-state index contributed by atoms with van der Waals surface area (Å²) in [6.07, 6.45) is 6.65. The first-order valence-corrected chi connectivity index (χ1v) is 12.9. The number of benzene rings is 1. The van der Waals surface area contributed by atoms with Crippen LogP contribution in [0.3, 0.4) is 0 Å². The van der Waals surface area contributed by atoms with Gasteiger partial charge in [0, 0.05) is 42.6 Å². The van der Waals surface area contributed by atoms with E-state index in [1.807, 2.05) is 43.5 Å². The van der Waals surface area contributed by atoms with Crippen molar-refractivity contribution in [3.63, 3.8) is 0 Å². The summed E-state index contributed by atoms with van der Waals surface area (Å²) in [7, 11) is 0. The Morgan fingerprint density at radius 3 is 2.81 bits per heavy atom. The molecule has 10 heteroatoms. The molecule has 3 aromatic rings. The normalized spacial score (nSPS) is 17.8. The van der Waals surface area contributed by atoms with Crippen molar-refractivity contribution >= 4 is 34.9 Å². The van der Waals surface area contributed by atoms with Crippen molar-refractivity contribution < 1.29 is 14.3 Å². The molecule has 10 nitrogen and oxygen atoms in total. The van der Waals surface area contributed by atoms with Gasteiger partial charge in [0.15, 0.2) is 5.65 Å². The number of nitrogens with one attached hydrogen (secondary N) is 3. The van der Waals surface area contributed by atoms with Crippen molar-refractivity contribution in [2.24, 2.45) is 5.92 Å². The fourth-order valence-electron chi connectivity index (χ4n) is 4.78. The summed E-state index contributed by atoms with van der Waals surface area (Å²) in [5, 5.41) is 14.2. The maximum absolute atomic E-state index is 12.5. The number of ether oxygens (including phenoxy) is 1. The number of amides is 2. The molecule has 4 heterocycles. The van der Waals surface area contributed by atoms with Gasteiger partial charge in [-0.2, -0.15) is 4.98 Å². The van der Waals surface area contributed by atoms with E-state index in [2.05, 4.69) is 21.0 Å². The predicted octanol–water partition coefficient (Wildman–Crippen LogP) is 3.45. The number of aromatic nitrogens is 3. The summed E-state index contributed by atoms with van der Waals surface area (Å²) in [5.41, 5.74) is 4.29. The maximum atomic E-state index is 12.5. The second kappa shape index (κ2) is 11.4. The Hall–Kier alpha value is -3.92. The molecular formula is C27H33N7O3. The number of carbonyl (C=O) groups excluding carboxylic acids is 2. The number of rotatable bonds is 7. The van der Waals surface area contributed by atoms with Gasteiger partial charge in [-0.1, -0.05) is 6.08 Å². The average Bonchev–Trinajstić information content (AvgIpc) is 3.35. The minimum atomic E-state index is -0.282. The van der Waals surface area contributed by atoms with E-state index in [1.54, 1.807) is 21.5 Å². The Bertz CT molecular complexity index is 1280. The van der Waals surface area contributed by atoms with Crippen LogP contribution in [0, 0.1) is 5.92 Å². The maximum Gasteiger partial charge on any atom is 0.410 e. The summed E-state index contributed by atoms with van der Waals surface area (Å²) in [6.45, 7) is 6.00. The number of hydrogen-bond acceptors (Lipinski definition) is 7. The van der Waals surface area contributed by atoms with Crippen LogP contribution in [-0.2, 0) is 4.74 Å². The molecule has 2 aliphatic heterocycles. The largest absolute Gasteiger partial charge is 0.450 e. The highest BCUT2D eigenvalue weighted by molar-refractivity contribution is 5.94. The SMILES string of the molecule is CCOC(=O)N1CC=C(c2cccn3nc(Nc4ccc(C(=O)NCC5CCCNC5)cc4)nc23)CC1. The molecule has 1 aromatic carbocycles. The molecule has 3 N–H and O–H groups in total. The first kappa shape index (κ1) is 24.8. The van der Waals surface area contributed by atoms with Gasteiger partial charge in [-0.25, -0.2) is 9.31 Å². The van der Waals surface area contributed by atoms with Gasteiger partial charge in [-0.3, -0.25) is 4.79 Å². The third-order valence-electron chi connectivity index (χ3n) is 6.80. The number of fused-ring (bicyclic) bond motifs is 1. The lowest BCUT2D eigenvalue weighted by Gasteiger charge is -2.25. The first-order valence-electron chi connectivity index (χ1n) is 12.9. The number of anilines is 2. The lowest BCUT2D eigenvalue weighted by molar-refractivity contribution is 0.0944. The Labute approximate surface area is 216 Å². The van der Waals surface area contributed by atoms with Crippen LogP contribution in [0.2, 0.25) is 0 Å². The van der Waals surface area contributed by atoms with Crippen molar-refractivity contribution in [3.05, 3.63) is 59.8 Å². The summed E-state index contributed by atoms with van der Waals surface area (Å²) >= 11 is 0. The molecule has 0 radical (unpaired) electrons. The predicted molar refractivity (Wildman–Crippen MR) is 142 cm³/mol. The zero-order valence-electron chi connectivity index (χ0n) is 21.1. The number of nitrogens with zero attached hydrogens (tertiary/aromatic N) is 4. The summed E-state index contributed by atoms with van der Waals surface area (Å²) in [6, 6.07) is 11.3. The highest BCUT2D eigenvalue weighted by atomic mass is 16.6. The molecule has 1 unspecified atom stereocenters. The lowest BCUT2D eigenvalue weighted by Crippen LogP contribution is -2.38. The molecular weight excluding hydrogens is 470 g/mol. The Kier molecular flexibility index (Phi) is 7.65. The fraction of sp³-hybridized carbons (Fsp3) is 0.407. The van der Waals surface area contributed by atoms with E-state index in [9.17, 15) is 9.59 Å². The van der Waals surface area contributed by atoms with Gasteiger partial charge in [0.2, 0.25) is 5.95 Å². The monoisotopic (exact) mass is 503 g/mol. The van der Waals surface area contributed by atoms with Crippen molar-refractivity contribution in [1.29, 1.82) is 0 Å². The molecule has 2 aromatic heterocycles. The van der Waals surface area contributed by atoms with Gasteiger partial charge in [0.25, 0.3) is 5.91 Å². The molecule has 2 amide bonds. The number of hydrogen-bond donors (Lipinski definition) is 3. The summed E-state index contributed by atoms with van der Waals surface area (Å²) < 4.78 is 6.86. The van der Waals surface area contributed by atoms with E-state index in [0.29, 0.717) is 43.7 Å². The Morgan fingerprint density at radius 1 is 1.22 bits per heavy atom. The smallest absolute Gasteiger partial charge is 0.410 e. The van der Waals surface area contributed by atoms with Gasteiger partial charge in [-0.05, 0) is 87.2 Å². The van der Waals surface area contributed by atoms with Crippen LogP contribution < -0.4 is 16.0 Å². The van der Waals surface area contributed by atoms with Gasteiger partial charge in [0.05, 0.1) is 6.61 Å². The van der Waals surface area contributed by atoms with Crippen LogP contribution >= 0.6 is 0 Å². The van der Waals surface area contributed by atoms with Crippen LogP contribution in [-0.4, -0.2) is 70.8 Å². The van der Waals surface area contributed by atoms with Gasteiger partial charge >= 0.3 is 6.09 Å². The second-order valence-corrected chi connectivity index (χ2v) is 9.37. The molecule has 2 aliphatic rings. The van der Waals surface area contributed by atoms with Crippen molar-refractivity contribution in [2.75, 3.05) is 44.6 Å². The fourth-order valence-corrected chi connectivity index (χ4v) is 4.78. The third-order valence-corrected chi connectivity index (χ3v) is 6.80. The summed E-state index contributed by atoms with van der Waals surface area (Å²) in [5.74, 6) is 0.902. The number of carbonyl (C=O) groups is 2. The molecule has 1 fully saturated rings. The highest BCUT2D eigenvalue weighted by Gasteiger charge is 2.21. The molecule has 0 saturated carbocycles. The molecule has 0 aliphatic carbocycles. The van der Waals surface area contributed by atoms with Crippen LogP contribution in [0.5, 0.6) is 0 Å². The van der Waals surface area contributed by atoms with E-state index >= 15 is 0 Å². The van der Waals surface area contributed by atoms with Gasteiger partial charge in [0.1, 0.15) is 0 Å². The Morgan fingerprint density at radius 2 is 2.08 bits per heavy atom. The molecule has 37 heavy (non-hydrogen) atoms. The van der Waals surface area contributed by atoms with E-state index in [4.69, 9.17) is 9.72 Å². The molecule has 0 bridgehead atoms. The van der Waals surface area contributed by atoms with Gasteiger partial charge < -0.3 is 25.6 Å². The van der Waals surface area contributed by atoms with E-state index in [-0.39, 0.29) is 12.0 Å². The quantitative estimate of drug-likeness (QED) is 0.453. The van der Waals surface area contributed by atoms with E-state index < -0.39 is 0 Å². The minimum absolute atomic E-state index is 0.0603. The zero-order chi connectivity index (χ0) is 25.6. The van der Waals surface area contributed by atoms with Crippen LogP contribution in [0.1, 0.15) is 42.1 Å². The number of piperidine rings is 1. The van der Waals surface area contributed by atoms with Crippen molar-refractivity contribution in [2.45, 2.75) is 26.2 Å². The Balaban J connectivity index is 1.23. The topological polar surface area (TPSA) is 113 Å². The van der Waals surface area contributed by atoms with Crippen molar-refractivity contribution in [1.82, 2.24) is 30.1 Å². The first-order chi connectivity index (χ1) is 18.1. The van der Waals surface area contributed by atoms with Gasteiger partial charge in [-0.15, -0.1) is 5.10 Å². The zero-order valence-corrected chi connectivity index (χ0v) is 21.1. The molecule has 1 saturated heterocycles. The number of pyridine rings is 1. The van der Waals surface area contributed by atoms with Crippen LogP contribution in [0.15, 0.2) is 48.7 Å². The minimum Gasteiger partial charge on any atom is -0.450 e. The molecule has 5 rings (SSSR count). The van der Waals surface area contributed by atoms with E-state index in [1.165, 1.54) is 0 Å². The lowest BCUT2D eigenvalue weighted by atomic mass is 9.99. The summed E-state index contributed by atoms with van der Waals surface area (Å²) in [4.78, 5) is 31.0. The second-order valence-electron chi connectivity index (χ2n) is 9.37.